The van der Waals surface area contributed by atoms with Crippen LogP contribution in [0.1, 0.15) is 68.7 Å². The summed E-state index contributed by atoms with van der Waals surface area (Å²) in [7, 11) is 4.93. The predicted octanol–water partition coefficient (Wildman–Crippen LogP) is 4.85. The molecule has 0 heterocycles. The van der Waals surface area contributed by atoms with Gasteiger partial charge in [-0.1, -0.05) is 27.7 Å². The minimum absolute atomic E-state index is 0.225. The summed E-state index contributed by atoms with van der Waals surface area (Å²) in [6.07, 6.45) is 0.625. The van der Waals surface area contributed by atoms with E-state index in [1.54, 1.807) is 21.3 Å². The number of nitrogens with zero attached hydrogens (tertiary/aromatic N) is 1. The minimum atomic E-state index is -0.328. The number of carbonyl (C=O) groups excluding carboxylic acids is 1. The fraction of sp³-hybridized carbons (Fsp3) is 0.889. The molecule has 5 nitrogen and oxygen atoms in total. The van der Waals surface area contributed by atoms with E-state index in [4.69, 9.17) is 10.00 Å². The van der Waals surface area contributed by atoms with Gasteiger partial charge < -0.3 is 14.2 Å². The topological polar surface area (TPSA) is 68.6 Å². The lowest BCUT2D eigenvalue weighted by Gasteiger charge is -2.17. The predicted molar refractivity (Wildman–Crippen MR) is 98.4 cm³/mol. The Labute approximate surface area is 145 Å². The zero-order valence-electron chi connectivity index (χ0n) is 17.6. The number of hydrogen-bond acceptors (Lipinski definition) is 5. The number of nitriles is 1. The van der Waals surface area contributed by atoms with Gasteiger partial charge in [-0.25, -0.2) is 0 Å². The van der Waals surface area contributed by atoms with Gasteiger partial charge in [-0.05, 0) is 33.6 Å². The molecule has 0 N–H and O–H groups in total. The highest BCUT2D eigenvalue weighted by molar-refractivity contribution is 5.66. The largest absolute Gasteiger partial charge is 0.460 e. The third-order valence-corrected chi connectivity index (χ3v) is 0.897. The Morgan fingerprint density at radius 3 is 1.30 bits per heavy atom. The Kier molecular flexibility index (Phi) is 42.2. The highest BCUT2D eigenvalue weighted by atomic mass is 16.6. The highest BCUT2D eigenvalue weighted by Crippen LogP contribution is 2.05. The van der Waals surface area contributed by atoms with Crippen LogP contribution in [0.4, 0.5) is 0 Å². The van der Waals surface area contributed by atoms with Crippen molar-refractivity contribution >= 4 is 5.97 Å². The van der Waals surface area contributed by atoms with Crippen molar-refractivity contribution in [3.05, 3.63) is 0 Å². The van der Waals surface area contributed by atoms with Crippen LogP contribution in [-0.2, 0) is 19.0 Å². The molecule has 142 valence electrons. The molecule has 0 saturated heterocycles. The molecule has 0 aliphatic carbocycles. The van der Waals surface area contributed by atoms with Crippen LogP contribution in [0.2, 0.25) is 0 Å². The van der Waals surface area contributed by atoms with Crippen molar-refractivity contribution in [1.29, 1.82) is 5.26 Å². The number of esters is 1. The monoisotopic (exact) mass is 335 g/mol. The number of ether oxygens (including phenoxy) is 3. The van der Waals surface area contributed by atoms with Crippen molar-refractivity contribution in [2.45, 2.75) is 74.3 Å². The zero-order valence-corrected chi connectivity index (χ0v) is 17.6. The fourth-order valence-electron chi connectivity index (χ4n) is 0.431. The Balaban J connectivity index is -0.0000000624. The summed E-state index contributed by atoms with van der Waals surface area (Å²) in [6.45, 7) is 18.0. The van der Waals surface area contributed by atoms with E-state index >= 15 is 0 Å². The van der Waals surface area contributed by atoms with E-state index in [9.17, 15) is 4.79 Å². The van der Waals surface area contributed by atoms with Crippen LogP contribution in [0.5, 0.6) is 0 Å². The molecule has 0 aromatic heterocycles. The maximum atomic E-state index is 10.2. The standard InChI is InChI=1S/C6H12O2.C4H10.C3H5N.C3H8O.C2H6O/c1-5(7)8-6(2,3)4;1-4(2)3;1-2-3-4;1-3-4-2;1-3-2/h1-4H3;4H,1-3H3;2H2,1H3;3H2,1-2H3;1-2H3. The summed E-state index contributed by atoms with van der Waals surface area (Å²) in [4.78, 5) is 10.2. The molecule has 0 saturated carbocycles. The van der Waals surface area contributed by atoms with Gasteiger partial charge in [0.2, 0.25) is 0 Å². The average molecular weight is 336 g/mol. The number of methoxy groups -OCH3 is 2. The SMILES string of the molecule is CC(=O)OC(C)(C)C.CC(C)C.CCC#N.CCOC.COC. The maximum absolute atomic E-state index is 10.2. The summed E-state index contributed by atoms with van der Waals surface area (Å²) in [6, 6.07) is 1.93. The highest BCUT2D eigenvalue weighted by Gasteiger charge is 2.11. The molecule has 0 rings (SSSR count). The Morgan fingerprint density at radius 2 is 1.30 bits per heavy atom. The molecule has 23 heavy (non-hydrogen) atoms. The molecule has 0 aromatic rings. The molecule has 0 aliphatic rings. The molecule has 5 heteroatoms. The molecule has 0 aliphatic heterocycles. The first-order valence-electron chi connectivity index (χ1n) is 7.85. The van der Waals surface area contributed by atoms with Crippen molar-refractivity contribution in [3.8, 4) is 6.07 Å². The van der Waals surface area contributed by atoms with Crippen molar-refractivity contribution in [2.75, 3.05) is 27.9 Å². The number of hydrogen-bond donors (Lipinski definition) is 0. The van der Waals surface area contributed by atoms with Crippen molar-refractivity contribution < 1.29 is 19.0 Å². The average Bonchev–Trinajstić information content (AvgIpc) is 2.36. The molecule has 0 aromatic carbocycles. The normalized spacial score (nSPS) is 8.35. The van der Waals surface area contributed by atoms with Crippen LogP contribution in [0.3, 0.4) is 0 Å². The van der Waals surface area contributed by atoms with Gasteiger partial charge in [0, 0.05) is 41.3 Å². The van der Waals surface area contributed by atoms with E-state index < -0.39 is 0 Å². The first-order valence-corrected chi connectivity index (χ1v) is 7.85. The first kappa shape index (κ1) is 33.5. The third kappa shape index (κ3) is 215. The van der Waals surface area contributed by atoms with E-state index in [1.165, 1.54) is 6.92 Å². The van der Waals surface area contributed by atoms with Gasteiger partial charge in [0.25, 0.3) is 0 Å². The van der Waals surface area contributed by atoms with Gasteiger partial charge in [0.15, 0.2) is 0 Å². The van der Waals surface area contributed by atoms with Crippen LogP contribution in [0.25, 0.3) is 0 Å². The summed E-state index contributed by atoms with van der Waals surface area (Å²) >= 11 is 0. The number of carbonyl (C=O) groups is 1. The summed E-state index contributed by atoms with van der Waals surface area (Å²) in [5, 5.41) is 7.62. The summed E-state index contributed by atoms with van der Waals surface area (Å²) in [5.41, 5.74) is -0.328. The summed E-state index contributed by atoms with van der Waals surface area (Å²) in [5.74, 6) is 0.609. The van der Waals surface area contributed by atoms with Crippen LogP contribution in [0, 0.1) is 17.2 Å². The van der Waals surface area contributed by atoms with Crippen LogP contribution >= 0.6 is 0 Å². The van der Waals surface area contributed by atoms with Gasteiger partial charge >= 0.3 is 5.97 Å². The Morgan fingerprint density at radius 1 is 1.09 bits per heavy atom. The zero-order chi connectivity index (χ0) is 19.9. The van der Waals surface area contributed by atoms with E-state index in [0.29, 0.717) is 6.42 Å². The van der Waals surface area contributed by atoms with E-state index in [1.807, 2.05) is 40.7 Å². The lowest BCUT2D eigenvalue weighted by atomic mass is 10.2. The Bertz CT molecular complexity index is 236. The fourth-order valence-corrected chi connectivity index (χ4v) is 0.431. The summed E-state index contributed by atoms with van der Waals surface area (Å²) < 4.78 is 13.6. The molecule has 0 radical (unpaired) electrons. The van der Waals surface area contributed by atoms with Crippen LogP contribution < -0.4 is 0 Å². The smallest absolute Gasteiger partial charge is 0.303 e. The molecular formula is C18H41NO4. The van der Waals surface area contributed by atoms with E-state index in [0.717, 1.165) is 12.5 Å². The molecule has 0 amide bonds. The van der Waals surface area contributed by atoms with Crippen molar-refractivity contribution in [3.63, 3.8) is 0 Å². The second kappa shape index (κ2) is 29.0. The van der Waals surface area contributed by atoms with Gasteiger partial charge in [0.05, 0.1) is 6.07 Å². The second-order valence-corrected chi connectivity index (χ2v) is 5.94. The van der Waals surface area contributed by atoms with Gasteiger partial charge in [-0.2, -0.15) is 5.26 Å². The lowest BCUT2D eigenvalue weighted by molar-refractivity contribution is -0.151. The van der Waals surface area contributed by atoms with Gasteiger partial charge in [-0.3, -0.25) is 4.79 Å². The maximum Gasteiger partial charge on any atom is 0.303 e. The molecule has 0 unspecified atom stereocenters. The number of rotatable bonds is 1. The second-order valence-electron chi connectivity index (χ2n) is 5.94. The molecular weight excluding hydrogens is 294 g/mol. The molecule has 0 bridgehead atoms. The van der Waals surface area contributed by atoms with Crippen molar-refractivity contribution in [1.82, 2.24) is 0 Å². The first-order chi connectivity index (χ1) is 10.4. The van der Waals surface area contributed by atoms with Crippen molar-refractivity contribution in [2.24, 2.45) is 5.92 Å². The van der Waals surface area contributed by atoms with Gasteiger partial charge in [-0.15, -0.1) is 0 Å². The van der Waals surface area contributed by atoms with Crippen LogP contribution in [0.15, 0.2) is 0 Å². The Hall–Kier alpha value is -1.12. The molecule has 0 spiro atoms. The molecule has 0 atom stereocenters. The molecule has 0 fully saturated rings. The van der Waals surface area contributed by atoms with Gasteiger partial charge in [0.1, 0.15) is 5.60 Å². The van der Waals surface area contributed by atoms with Crippen LogP contribution in [-0.4, -0.2) is 39.5 Å². The quantitative estimate of drug-likeness (QED) is 0.641. The minimum Gasteiger partial charge on any atom is -0.460 e. The van der Waals surface area contributed by atoms with E-state index in [2.05, 4.69) is 30.2 Å². The lowest BCUT2D eigenvalue weighted by Crippen LogP contribution is -2.21. The third-order valence-electron chi connectivity index (χ3n) is 0.897. The van der Waals surface area contributed by atoms with E-state index in [-0.39, 0.29) is 11.6 Å².